The molecule has 0 N–H and O–H groups in total. The molecule has 0 spiro atoms. The van der Waals surface area contributed by atoms with Gasteiger partial charge in [0.2, 0.25) is 0 Å². The summed E-state index contributed by atoms with van der Waals surface area (Å²) < 4.78 is 11.6. The van der Waals surface area contributed by atoms with Crippen LogP contribution in [0.15, 0.2) is 0 Å². The highest BCUT2D eigenvalue weighted by atomic mass is 16.5. The summed E-state index contributed by atoms with van der Waals surface area (Å²) in [5.41, 5.74) is 0. The van der Waals surface area contributed by atoms with Gasteiger partial charge in [-0.25, -0.2) is 0 Å². The van der Waals surface area contributed by atoms with Gasteiger partial charge in [0.1, 0.15) is 0 Å². The first kappa shape index (κ1) is 31.9. The molecule has 194 valence electrons. The lowest BCUT2D eigenvalue weighted by Gasteiger charge is -2.06. The standard InChI is InChI=1S/C30H62O2/c1-29(2)23-17-11-7-5-9-13-19-25-31-27-21-15-16-22-28-32-26-20-14-10-6-8-12-18-24-30(3)4/h29-30H,5-28H2,1-4H3. The summed E-state index contributed by atoms with van der Waals surface area (Å²) in [5.74, 6) is 1.75. The van der Waals surface area contributed by atoms with Crippen molar-refractivity contribution in [2.45, 2.75) is 156 Å². The predicted molar refractivity (Wildman–Crippen MR) is 144 cm³/mol. The van der Waals surface area contributed by atoms with Crippen LogP contribution in [0.4, 0.5) is 0 Å². The van der Waals surface area contributed by atoms with Crippen molar-refractivity contribution >= 4 is 0 Å². The molecule has 0 saturated carbocycles. The molecule has 0 rings (SSSR count). The Kier molecular flexibility index (Phi) is 27.1. The van der Waals surface area contributed by atoms with Crippen LogP contribution in [0.25, 0.3) is 0 Å². The summed E-state index contributed by atoms with van der Waals surface area (Å²) in [4.78, 5) is 0. The Bertz CT molecular complexity index is 295. The Balaban J connectivity index is 3.01. The van der Waals surface area contributed by atoms with Crippen molar-refractivity contribution < 1.29 is 9.47 Å². The Morgan fingerprint density at radius 2 is 0.531 bits per heavy atom. The third kappa shape index (κ3) is 29.9. The fraction of sp³-hybridized carbons (Fsp3) is 1.00. The summed E-state index contributed by atoms with van der Waals surface area (Å²) >= 11 is 0. The summed E-state index contributed by atoms with van der Waals surface area (Å²) in [6.45, 7) is 13.1. The van der Waals surface area contributed by atoms with Crippen LogP contribution in [0.5, 0.6) is 0 Å². The number of hydrogen-bond donors (Lipinski definition) is 0. The number of rotatable bonds is 27. The second-order valence-electron chi connectivity index (χ2n) is 11.0. The van der Waals surface area contributed by atoms with Gasteiger partial charge in [0.05, 0.1) is 0 Å². The fourth-order valence-corrected chi connectivity index (χ4v) is 4.25. The van der Waals surface area contributed by atoms with Crippen LogP contribution in [-0.2, 0) is 9.47 Å². The molecule has 0 fully saturated rings. The van der Waals surface area contributed by atoms with Gasteiger partial charge in [-0.15, -0.1) is 0 Å². The van der Waals surface area contributed by atoms with Crippen molar-refractivity contribution in [3.05, 3.63) is 0 Å². The molecule has 0 aliphatic carbocycles. The van der Waals surface area contributed by atoms with Gasteiger partial charge in [-0.1, -0.05) is 130 Å². The van der Waals surface area contributed by atoms with E-state index in [1.54, 1.807) is 0 Å². The van der Waals surface area contributed by atoms with Crippen molar-refractivity contribution in [1.29, 1.82) is 0 Å². The summed E-state index contributed by atoms with van der Waals surface area (Å²) in [5, 5.41) is 0. The maximum absolute atomic E-state index is 5.80. The maximum Gasteiger partial charge on any atom is 0.0466 e. The van der Waals surface area contributed by atoms with Crippen molar-refractivity contribution in [2.75, 3.05) is 26.4 Å². The van der Waals surface area contributed by atoms with Crippen LogP contribution >= 0.6 is 0 Å². The molecule has 0 aromatic carbocycles. The van der Waals surface area contributed by atoms with E-state index in [0.717, 1.165) is 38.3 Å². The Morgan fingerprint density at radius 3 is 0.781 bits per heavy atom. The van der Waals surface area contributed by atoms with Crippen LogP contribution in [0.3, 0.4) is 0 Å². The second kappa shape index (κ2) is 27.2. The lowest BCUT2D eigenvalue weighted by atomic mass is 10.0. The molecule has 0 atom stereocenters. The number of unbranched alkanes of at least 4 members (excludes halogenated alkanes) is 15. The van der Waals surface area contributed by atoms with Crippen molar-refractivity contribution in [3.63, 3.8) is 0 Å². The van der Waals surface area contributed by atoms with E-state index >= 15 is 0 Å². The zero-order valence-electron chi connectivity index (χ0n) is 22.9. The van der Waals surface area contributed by atoms with E-state index in [1.165, 1.54) is 128 Å². The topological polar surface area (TPSA) is 18.5 Å². The average Bonchev–Trinajstić information content (AvgIpc) is 2.75. The minimum atomic E-state index is 0.874. The highest BCUT2D eigenvalue weighted by Crippen LogP contribution is 2.13. The van der Waals surface area contributed by atoms with Gasteiger partial charge in [-0.2, -0.15) is 0 Å². The Hall–Kier alpha value is -0.0800. The molecule has 0 radical (unpaired) electrons. The molecule has 0 aromatic heterocycles. The molecule has 2 nitrogen and oxygen atoms in total. The lowest BCUT2D eigenvalue weighted by molar-refractivity contribution is 0.117. The third-order valence-corrected chi connectivity index (χ3v) is 6.47. The molecule has 0 aliphatic rings. The molecule has 0 saturated heterocycles. The molecular weight excluding hydrogens is 392 g/mol. The molecule has 0 amide bonds. The maximum atomic E-state index is 5.80. The molecule has 0 unspecified atom stereocenters. The molecular formula is C30H62O2. The zero-order valence-corrected chi connectivity index (χ0v) is 22.9. The molecule has 2 heteroatoms. The van der Waals surface area contributed by atoms with Gasteiger partial charge in [0.25, 0.3) is 0 Å². The summed E-state index contributed by atoms with van der Waals surface area (Å²) in [6.07, 6.45) is 27.2. The lowest BCUT2D eigenvalue weighted by Crippen LogP contribution is -1.99. The van der Waals surface area contributed by atoms with Gasteiger partial charge in [0, 0.05) is 26.4 Å². The minimum absolute atomic E-state index is 0.874. The normalized spacial score (nSPS) is 11.8. The van der Waals surface area contributed by atoms with Crippen molar-refractivity contribution in [2.24, 2.45) is 11.8 Å². The largest absolute Gasteiger partial charge is 0.381 e. The molecule has 0 bridgehead atoms. The van der Waals surface area contributed by atoms with E-state index in [0.29, 0.717) is 0 Å². The highest BCUT2D eigenvalue weighted by Gasteiger charge is 1.97. The average molecular weight is 455 g/mol. The second-order valence-corrected chi connectivity index (χ2v) is 11.0. The van der Waals surface area contributed by atoms with Crippen LogP contribution < -0.4 is 0 Å². The first-order valence-corrected chi connectivity index (χ1v) is 14.8. The summed E-state index contributed by atoms with van der Waals surface area (Å²) in [7, 11) is 0. The summed E-state index contributed by atoms with van der Waals surface area (Å²) in [6, 6.07) is 0. The number of ether oxygens (including phenoxy) is 2. The van der Waals surface area contributed by atoms with Crippen molar-refractivity contribution in [3.8, 4) is 0 Å². The highest BCUT2D eigenvalue weighted by molar-refractivity contribution is 4.51. The predicted octanol–water partition coefficient (Wildman–Crippen LogP) is 10.1. The van der Waals surface area contributed by atoms with Gasteiger partial charge in [-0.05, 0) is 37.5 Å². The zero-order chi connectivity index (χ0) is 23.5. The smallest absolute Gasteiger partial charge is 0.0466 e. The minimum Gasteiger partial charge on any atom is -0.381 e. The van der Waals surface area contributed by atoms with Crippen LogP contribution in [0, 0.1) is 11.8 Å². The number of hydrogen-bond acceptors (Lipinski definition) is 2. The van der Waals surface area contributed by atoms with Gasteiger partial charge in [0.15, 0.2) is 0 Å². The van der Waals surface area contributed by atoms with Gasteiger partial charge in [-0.3, -0.25) is 0 Å². The van der Waals surface area contributed by atoms with Crippen molar-refractivity contribution in [1.82, 2.24) is 0 Å². The van der Waals surface area contributed by atoms with Crippen LogP contribution in [-0.4, -0.2) is 26.4 Å². The Labute approximate surface area is 204 Å². The van der Waals surface area contributed by atoms with E-state index in [-0.39, 0.29) is 0 Å². The quantitative estimate of drug-likeness (QED) is 0.115. The van der Waals surface area contributed by atoms with E-state index < -0.39 is 0 Å². The van der Waals surface area contributed by atoms with E-state index in [4.69, 9.17) is 9.47 Å². The van der Waals surface area contributed by atoms with Crippen LogP contribution in [0.2, 0.25) is 0 Å². The fourth-order valence-electron chi connectivity index (χ4n) is 4.25. The third-order valence-electron chi connectivity index (χ3n) is 6.47. The molecule has 0 aliphatic heterocycles. The first-order valence-electron chi connectivity index (χ1n) is 14.8. The monoisotopic (exact) mass is 454 g/mol. The SMILES string of the molecule is CC(C)CCCCCCCCCOCCCCCCOCCCCCCCCCC(C)C. The Morgan fingerprint density at radius 1 is 0.312 bits per heavy atom. The molecule has 0 heterocycles. The van der Waals surface area contributed by atoms with E-state index in [9.17, 15) is 0 Å². The molecule has 32 heavy (non-hydrogen) atoms. The van der Waals surface area contributed by atoms with Gasteiger partial charge < -0.3 is 9.47 Å². The van der Waals surface area contributed by atoms with Gasteiger partial charge >= 0.3 is 0 Å². The molecule has 0 aromatic rings. The van der Waals surface area contributed by atoms with E-state index in [1.807, 2.05) is 0 Å². The first-order chi connectivity index (χ1) is 15.6. The van der Waals surface area contributed by atoms with E-state index in [2.05, 4.69) is 27.7 Å². The van der Waals surface area contributed by atoms with Crippen LogP contribution in [0.1, 0.15) is 156 Å².